The first kappa shape index (κ1) is 14.6. The number of halogens is 1. The minimum Gasteiger partial charge on any atom is -0.481 e. The lowest BCUT2D eigenvalue weighted by Gasteiger charge is -2.16. The van der Waals surface area contributed by atoms with Gasteiger partial charge in [-0.15, -0.1) is 0 Å². The van der Waals surface area contributed by atoms with E-state index >= 15 is 0 Å². The van der Waals surface area contributed by atoms with Crippen molar-refractivity contribution in [1.29, 1.82) is 0 Å². The molecule has 1 rings (SSSR count). The molecule has 0 atom stereocenters. The molecule has 0 saturated heterocycles. The minimum absolute atomic E-state index is 0.0113. The first-order chi connectivity index (χ1) is 8.31. The Kier molecular flexibility index (Phi) is 4.82. The third-order valence-electron chi connectivity index (χ3n) is 1.91. The molecule has 0 aromatic carbocycles. The van der Waals surface area contributed by atoms with Crippen LogP contribution in [0.4, 0.5) is 5.82 Å². The van der Waals surface area contributed by atoms with Crippen LogP contribution in [0.15, 0.2) is 12.3 Å². The van der Waals surface area contributed by atoms with Crippen LogP contribution in [0.2, 0.25) is 5.28 Å². The number of aromatic nitrogens is 2. The molecule has 0 spiro atoms. The van der Waals surface area contributed by atoms with Gasteiger partial charge in [0.1, 0.15) is 5.82 Å². The van der Waals surface area contributed by atoms with Gasteiger partial charge in [-0.2, -0.15) is 17.7 Å². The molecular weight excluding hydrogens is 284 g/mol. The van der Waals surface area contributed by atoms with Gasteiger partial charge in [-0.1, -0.05) is 0 Å². The topological polar surface area (TPSA) is 112 Å². The molecule has 10 heteroatoms. The van der Waals surface area contributed by atoms with Crippen LogP contribution in [-0.2, 0) is 15.0 Å². The van der Waals surface area contributed by atoms with Crippen LogP contribution in [0.5, 0.6) is 0 Å². The largest absolute Gasteiger partial charge is 0.481 e. The molecule has 0 radical (unpaired) electrons. The van der Waals surface area contributed by atoms with Gasteiger partial charge in [0.05, 0.1) is 6.42 Å². The summed E-state index contributed by atoms with van der Waals surface area (Å²) in [6, 6.07) is 1.33. The maximum absolute atomic E-state index is 11.7. The Hall–Kier alpha value is -1.45. The Morgan fingerprint density at radius 3 is 2.83 bits per heavy atom. The highest BCUT2D eigenvalue weighted by atomic mass is 35.5. The number of hydrogen-bond acceptors (Lipinski definition) is 5. The van der Waals surface area contributed by atoms with Crippen LogP contribution in [0.3, 0.4) is 0 Å². The average Bonchev–Trinajstić information content (AvgIpc) is 2.25. The predicted octanol–water partition coefficient (Wildman–Crippen LogP) is 0.193. The number of aliphatic carboxylic acids is 1. The molecule has 8 nitrogen and oxygen atoms in total. The lowest BCUT2D eigenvalue weighted by molar-refractivity contribution is -0.137. The summed E-state index contributed by atoms with van der Waals surface area (Å²) in [7, 11) is -2.60. The Balaban J connectivity index is 2.72. The van der Waals surface area contributed by atoms with E-state index in [0.717, 1.165) is 4.31 Å². The second-order valence-corrected chi connectivity index (χ2v) is 5.40. The first-order valence-electron chi connectivity index (χ1n) is 4.75. The third kappa shape index (κ3) is 4.43. The van der Waals surface area contributed by atoms with Crippen molar-refractivity contribution in [1.82, 2.24) is 14.3 Å². The predicted molar refractivity (Wildman–Crippen MR) is 64.5 cm³/mol. The van der Waals surface area contributed by atoms with Gasteiger partial charge in [-0.05, 0) is 17.7 Å². The Morgan fingerprint density at radius 1 is 1.61 bits per heavy atom. The van der Waals surface area contributed by atoms with Crippen molar-refractivity contribution in [2.75, 3.05) is 18.3 Å². The van der Waals surface area contributed by atoms with Crippen molar-refractivity contribution < 1.29 is 18.3 Å². The number of anilines is 1. The van der Waals surface area contributed by atoms with E-state index < -0.39 is 16.2 Å². The summed E-state index contributed by atoms with van der Waals surface area (Å²) >= 11 is 5.51. The van der Waals surface area contributed by atoms with Crippen molar-refractivity contribution in [3.05, 3.63) is 17.5 Å². The van der Waals surface area contributed by atoms with Crippen LogP contribution >= 0.6 is 11.6 Å². The Labute approximate surface area is 109 Å². The molecule has 1 heterocycles. The van der Waals surface area contributed by atoms with Crippen molar-refractivity contribution >= 4 is 33.6 Å². The lowest BCUT2D eigenvalue weighted by atomic mass is 10.4. The smallest absolute Gasteiger partial charge is 0.304 e. The quantitative estimate of drug-likeness (QED) is 0.724. The van der Waals surface area contributed by atoms with Crippen LogP contribution in [0, 0.1) is 0 Å². The van der Waals surface area contributed by atoms with E-state index in [2.05, 4.69) is 14.7 Å². The fraction of sp³-hybridized carbons (Fsp3) is 0.375. The van der Waals surface area contributed by atoms with Gasteiger partial charge in [0.2, 0.25) is 5.28 Å². The Morgan fingerprint density at radius 2 is 2.28 bits per heavy atom. The van der Waals surface area contributed by atoms with E-state index in [4.69, 9.17) is 16.7 Å². The summed E-state index contributed by atoms with van der Waals surface area (Å²) < 4.78 is 26.5. The number of carbonyl (C=O) groups is 1. The van der Waals surface area contributed by atoms with Gasteiger partial charge in [-0.3, -0.25) is 9.52 Å². The van der Waals surface area contributed by atoms with Crippen LogP contribution < -0.4 is 4.72 Å². The van der Waals surface area contributed by atoms with E-state index in [-0.39, 0.29) is 24.1 Å². The van der Waals surface area contributed by atoms with Crippen molar-refractivity contribution in [2.24, 2.45) is 0 Å². The third-order valence-corrected chi connectivity index (χ3v) is 3.56. The van der Waals surface area contributed by atoms with Crippen LogP contribution in [-0.4, -0.2) is 47.4 Å². The van der Waals surface area contributed by atoms with E-state index in [9.17, 15) is 13.2 Å². The number of carboxylic acid groups (broad SMARTS) is 1. The number of nitrogens with zero attached hydrogens (tertiary/aromatic N) is 3. The molecule has 1 aromatic heterocycles. The number of hydrogen-bond donors (Lipinski definition) is 2. The first-order valence-corrected chi connectivity index (χ1v) is 6.57. The normalized spacial score (nSPS) is 11.5. The molecule has 0 aliphatic carbocycles. The molecule has 1 aromatic rings. The number of carboxylic acids is 1. The van der Waals surface area contributed by atoms with E-state index in [0.29, 0.717) is 0 Å². The fourth-order valence-corrected chi connectivity index (χ4v) is 1.99. The summed E-state index contributed by atoms with van der Waals surface area (Å²) in [5.74, 6) is -1.07. The molecule has 18 heavy (non-hydrogen) atoms. The zero-order valence-electron chi connectivity index (χ0n) is 9.37. The SMILES string of the molecule is CN(CCC(=O)O)S(=O)(=O)Nc1ccnc(Cl)n1. The molecule has 0 aliphatic rings. The Bertz CT molecular complexity index is 536. The summed E-state index contributed by atoms with van der Waals surface area (Å²) in [5, 5.41) is 8.38. The maximum atomic E-state index is 11.7. The monoisotopic (exact) mass is 294 g/mol. The fourth-order valence-electron chi connectivity index (χ4n) is 0.975. The van der Waals surface area contributed by atoms with E-state index in [1.807, 2.05) is 0 Å². The van der Waals surface area contributed by atoms with E-state index in [1.54, 1.807) is 0 Å². The van der Waals surface area contributed by atoms with E-state index in [1.165, 1.54) is 19.3 Å². The molecular formula is C8H11ClN4O4S. The molecule has 2 N–H and O–H groups in total. The number of nitrogens with one attached hydrogen (secondary N) is 1. The average molecular weight is 295 g/mol. The summed E-state index contributed by atoms with van der Waals surface area (Å²) in [5.41, 5.74) is 0. The van der Waals surface area contributed by atoms with Crippen molar-refractivity contribution in [3.8, 4) is 0 Å². The maximum Gasteiger partial charge on any atom is 0.304 e. The van der Waals surface area contributed by atoms with Gasteiger partial charge in [0.15, 0.2) is 0 Å². The minimum atomic E-state index is -3.85. The standard InChI is InChI=1S/C8H11ClN4O4S/c1-13(5-3-7(14)15)18(16,17)12-6-2-4-10-8(9)11-6/h2,4H,3,5H2,1H3,(H,14,15)(H,10,11,12). The van der Waals surface area contributed by atoms with Crippen molar-refractivity contribution in [3.63, 3.8) is 0 Å². The highest BCUT2D eigenvalue weighted by Gasteiger charge is 2.18. The van der Waals surface area contributed by atoms with Crippen LogP contribution in [0.1, 0.15) is 6.42 Å². The molecule has 0 bridgehead atoms. The lowest BCUT2D eigenvalue weighted by Crippen LogP contribution is -2.34. The zero-order valence-corrected chi connectivity index (χ0v) is 10.9. The van der Waals surface area contributed by atoms with Gasteiger partial charge in [0.25, 0.3) is 0 Å². The van der Waals surface area contributed by atoms with Crippen molar-refractivity contribution in [2.45, 2.75) is 6.42 Å². The molecule has 0 saturated carbocycles. The van der Waals surface area contributed by atoms with Crippen LogP contribution in [0.25, 0.3) is 0 Å². The zero-order chi connectivity index (χ0) is 13.8. The second-order valence-electron chi connectivity index (χ2n) is 3.28. The molecule has 0 amide bonds. The molecule has 0 fully saturated rings. The number of rotatable bonds is 6. The summed E-state index contributed by atoms with van der Waals surface area (Å²) in [6.45, 7) is -0.149. The van der Waals surface area contributed by atoms with Gasteiger partial charge in [-0.25, -0.2) is 4.98 Å². The molecule has 0 aliphatic heterocycles. The van der Waals surface area contributed by atoms with Gasteiger partial charge >= 0.3 is 16.2 Å². The highest BCUT2D eigenvalue weighted by molar-refractivity contribution is 7.90. The summed E-state index contributed by atoms with van der Waals surface area (Å²) in [6.07, 6.45) is 1.01. The van der Waals surface area contributed by atoms with Gasteiger partial charge in [0, 0.05) is 19.8 Å². The van der Waals surface area contributed by atoms with Gasteiger partial charge < -0.3 is 5.11 Å². The molecule has 0 unspecified atom stereocenters. The molecule has 100 valence electrons. The summed E-state index contributed by atoms with van der Waals surface area (Å²) in [4.78, 5) is 17.6. The highest BCUT2D eigenvalue weighted by Crippen LogP contribution is 2.09. The second kappa shape index (κ2) is 5.94.